The van der Waals surface area contributed by atoms with Gasteiger partial charge in [-0.2, -0.15) is 5.26 Å². The summed E-state index contributed by atoms with van der Waals surface area (Å²) in [6, 6.07) is 7.50. The number of piperidine rings is 1. The highest BCUT2D eigenvalue weighted by Crippen LogP contribution is 2.20. The second kappa shape index (κ2) is 10.4. The maximum atomic E-state index is 12.7. The molecule has 0 aliphatic carbocycles. The van der Waals surface area contributed by atoms with E-state index in [9.17, 15) is 4.79 Å². The van der Waals surface area contributed by atoms with Crippen LogP contribution in [-0.2, 0) is 0 Å². The second-order valence-electron chi connectivity index (χ2n) is 7.36. The van der Waals surface area contributed by atoms with Gasteiger partial charge in [-0.25, -0.2) is 0 Å². The largest absolute Gasteiger partial charge is 0.372 e. The topological polar surface area (TPSA) is 118 Å². The molecule has 2 heterocycles. The van der Waals surface area contributed by atoms with Gasteiger partial charge in [0.2, 0.25) is 0 Å². The van der Waals surface area contributed by atoms with Gasteiger partial charge in [0.15, 0.2) is 6.19 Å². The number of nitriles is 1. The summed E-state index contributed by atoms with van der Waals surface area (Å²) in [6.07, 6.45) is 11.6. The zero-order valence-electron chi connectivity index (χ0n) is 17.2. The quantitative estimate of drug-likeness (QED) is 0.346. The fourth-order valence-electron chi connectivity index (χ4n) is 3.42. The molecule has 1 aromatic rings. The van der Waals surface area contributed by atoms with Gasteiger partial charge in [-0.3, -0.25) is 15.5 Å². The first-order valence-corrected chi connectivity index (χ1v) is 10.3. The van der Waals surface area contributed by atoms with Gasteiger partial charge in [0.1, 0.15) is 5.82 Å². The minimum absolute atomic E-state index is 0.179. The highest BCUT2D eigenvalue weighted by Gasteiger charge is 2.15. The zero-order valence-corrected chi connectivity index (χ0v) is 17.2. The number of benzene rings is 1. The summed E-state index contributed by atoms with van der Waals surface area (Å²) in [5, 5.41) is 14.5. The number of carbonyl (C=O) groups is 1. The molecule has 1 aromatic carbocycles. The predicted octanol–water partition coefficient (Wildman–Crippen LogP) is 1.93. The summed E-state index contributed by atoms with van der Waals surface area (Å²) < 4.78 is 0. The summed E-state index contributed by atoms with van der Waals surface area (Å²) in [6.45, 7) is 4.10. The SMILES string of the molecule is CCC(N)/C=C(\NC#N)C1=CNNC(NC(=O)c2ccc(N3CCCCC3)cc2)=C1. The van der Waals surface area contributed by atoms with Crippen molar-refractivity contribution in [1.82, 2.24) is 21.5 Å². The van der Waals surface area contributed by atoms with E-state index in [1.807, 2.05) is 37.4 Å². The molecule has 0 bridgehead atoms. The number of carbonyl (C=O) groups excluding carboxylic acids is 1. The first-order chi connectivity index (χ1) is 14.6. The lowest BCUT2D eigenvalue weighted by Crippen LogP contribution is -2.39. The van der Waals surface area contributed by atoms with Crippen LogP contribution in [0.2, 0.25) is 0 Å². The standard InChI is InChI=1S/C22H29N7O/c1-2-18(24)13-20(25-15-23)17-12-21(28-26-14-17)27-22(30)16-6-8-19(9-7-16)29-10-4-3-5-11-29/h6-9,12-14,18,25-26,28H,2-5,10-11,24H2,1H3,(H,27,30)/b20-13-. The van der Waals surface area contributed by atoms with E-state index in [1.54, 1.807) is 18.4 Å². The number of nitrogens with zero attached hydrogens (tertiary/aromatic N) is 2. The van der Waals surface area contributed by atoms with Crippen molar-refractivity contribution in [3.63, 3.8) is 0 Å². The van der Waals surface area contributed by atoms with Gasteiger partial charge in [-0.15, -0.1) is 0 Å². The van der Waals surface area contributed by atoms with Crippen molar-refractivity contribution in [3.8, 4) is 6.19 Å². The maximum absolute atomic E-state index is 12.7. The van der Waals surface area contributed by atoms with Crippen molar-refractivity contribution >= 4 is 11.6 Å². The Morgan fingerprint density at radius 2 is 2.03 bits per heavy atom. The average molecular weight is 408 g/mol. The Bertz CT molecular complexity index is 874. The lowest BCUT2D eigenvalue weighted by molar-refractivity contribution is 0.0962. The molecule has 2 aliphatic rings. The molecule has 30 heavy (non-hydrogen) atoms. The third-order valence-electron chi connectivity index (χ3n) is 5.19. The third-order valence-corrected chi connectivity index (χ3v) is 5.19. The van der Waals surface area contributed by atoms with E-state index in [4.69, 9.17) is 11.0 Å². The first kappa shape index (κ1) is 21.3. The molecule has 1 saturated heterocycles. The normalized spacial score (nSPS) is 17.5. The molecule has 3 rings (SSSR count). The second-order valence-corrected chi connectivity index (χ2v) is 7.36. The summed E-state index contributed by atoms with van der Waals surface area (Å²) >= 11 is 0. The van der Waals surface area contributed by atoms with Crippen LogP contribution >= 0.6 is 0 Å². The van der Waals surface area contributed by atoms with Crippen LogP contribution in [0.5, 0.6) is 0 Å². The van der Waals surface area contributed by atoms with Gasteiger partial charge >= 0.3 is 0 Å². The van der Waals surface area contributed by atoms with Crippen LogP contribution in [0.15, 0.2) is 59.7 Å². The van der Waals surface area contributed by atoms with Crippen molar-refractivity contribution in [2.24, 2.45) is 5.73 Å². The Balaban J connectivity index is 1.67. The number of anilines is 1. The van der Waals surface area contributed by atoms with Crippen LogP contribution in [0.1, 0.15) is 43.0 Å². The van der Waals surface area contributed by atoms with Gasteiger partial charge in [0.05, 0.1) is 5.70 Å². The number of hydrogen-bond donors (Lipinski definition) is 5. The van der Waals surface area contributed by atoms with E-state index < -0.39 is 0 Å². The van der Waals surface area contributed by atoms with Crippen LogP contribution in [-0.4, -0.2) is 25.0 Å². The molecule has 6 N–H and O–H groups in total. The van der Waals surface area contributed by atoms with Crippen LogP contribution in [0, 0.1) is 11.5 Å². The minimum atomic E-state index is -0.217. The van der Waals surface area contributed by atoms with Gasteiger partial charge in [0, 0.05) is 42.2 Å². The smallest absolute Gasteiger partial charge is 0.256 e. The van der Waals surface area contributed by atoms with Crippen molar-refractivity contribution in [1.29, 1.82) is 5.26 Å². The van der Waals surface area contributed by atoms with Gasteiger partial charge in [0.25, 0.3) is 5.91 Å². The van der Waals surface area contributed by atoms with Crippen LogP contribution in [0.3, 0.4) is 0 Å². The van der Waals surface area contributed by atoms with E-state index in [-0.39, 0.29) is 11.9 Å². The zero-order chi connectivity index (χ0) is 21.3. The monoisotopic (exact) mass is 407 g/mol. The van der Waals surface area contributed by atoms with Crippen LogP contribution < -0.4 is 32.1 Å². The van der Waals surface area contributed by atoms with E-state index in [1.165, 1.54) is 19.3 Å². The van der Waals surface area contributed by atoms with Crippen LogP contribution in [0.4, 0.5) is 5.69 Å². The summed E-state index contributed by atoms with van der Waals surface area (Å²) in [5.74, 6) is 0.263. The Kier molecular flexibility index (Phi) is 7.35. The molecule has 0 aromatic heterocycles. The molecular weight excluding hydrogens is 378 g/mol. The molecule has 158 valence electrons. The Morgan fingerprint density at radius 1 is 1.30 bits per heavy atom. The molecule has 8 heteroatoms. The fourth-order valence-corrected chi connectivity index (χ4v) is 3.42. The number of amides is 1. The number of rotatable bonds is 7. The van der Waals surface area contributed by atoms with Crippen molar-refractivity contribution in [2.45, 2.75) is 38.6 Å². The van der Waals surface area contributed by atoms with Crippen molar-refractivity contribution in [3.05, 3.63) is 65.3 Å². The molecule has 0 saturated carbocycles. The minimum Gasteiger partial charge on any atom is -0.372 e. The van der Waals surface area contributed by atoms with Gasteiger partial charge in [-0.1, -0.05) is 6.92 Å². The molecular formula is C22H29N7O. The highest BCUT2D eigenvalue weighted by molar-refractivity contribution is 5.95. The Labute approximate surface area is 177 Å². The van der Waals surface area contributed by atoms with Crippen molar-refractivity contribution in [2.75, 3.05) is 18.0 Å². The third kappa shape index (κ3) is 5.55. The van der Waals surface area contributed by atoms with E-state index >= 15 is 0 Å². The molecule has 2 aliphatic heterocycles. The molecule has 8 nitrogen and oxygen atoms in total. The summed E-state index contributed by atoms with van der Waals surface area (Å²) in [7, 11) is 0. The Morgan fingerprint density at radius 3 is 2.70 bits per heavy atom. The van der Waals surface area contributed by atoms with E-state index in [0.29, 0.717) is 22.7 Å². The summed E-state index contributed by atoms with van der Waals surface area (Å²) in [5.41, 5.74) is 14.8. The number of nitrogens with two attached hydrogens (primary N) is 1. The predicted molar refractivity (Wildman–Crippen MR) is 118 cm³/mol. The summed E-state index contributed by atoms with van der Waals surface area (Å²) in [4.78, 5) is 15.0. The fraction of sp³-hybridized carbons (Fsp3) is 0.364. The average Bonchev–Trinajstić information content (AvgIpc) is 2.79. The number of allylic oxidation sites excluding steroid dienone is 1. The molecule has 0 spiro atoms. The van der Waals surface area contributed by atoms with Gasteiger partial charge in [-0.05, 0) is 62.1 Å². The lowest BCUT2D eigenvalue weighted by Gasteiger charge is -2.28. The Hall–Kier alpha value is -3.44. The van der Waals surface area contributed by atoms with E-state index in [0.717, 1.165) is 25.2 Å². The molecule has 0 radical (unpaired) electrons. The number of hydrogen-bond acceptors (Lipinski definition) is 7. The van der Waals surface area contributed by atoms with Gasteiger partial charge < -0.3 is 21.4 Å². The molecule has 1 unspecified atom stereocenters. The number of hydrazine groups is 1. The molecule has 1 atom stereocenters. The van der Waals surface area contributed by atoms with Crippen LogP contribution in [0.25, 0.3) is 0 Å². The first-order valence-electron chi connectivity index (χ1n) is 10.3. The number of nitrogens with one attached hydrogen (secondary N) is 4. The highest BCUT2D eigenvalue weighted by atomic mass is 16.1. The van der Waals surface area contributed by atoms with E-state index in [2.05, 4.69) is 26.4 Å². The molecule has 1 fully saturated rings. The maximum Gasteiger partial charge on any atom is 0.256 e. The lowest BCUT2D eigenvalue weighted by atomic mass is 10.1. The van der Waals surface area contributed by atoms with Crippen molar-refractivity contribution < 1.29 is 4.79 Å². The molecule has 1 amide bonds.